The fraction of sp³-hybridized carbons (Fsp3) is 0.375. The number of nitrogens with one attached hydrogen (secondary N) is 1. The maximum Gasteiger partial charge on any atom is 0.356 e. The first-order chi connectivity index (χ1) is 16.9. The van der Waals surface area contributed by atoms with Crippen LogP contribution in [-0.2, 0) is 11.3 Å². The maximum absolute atomic E-state index is 14.5. The van der Waals surface area contributed by atoms with Crippen LogP contribution in [0.4, 0.5) is 15.8 Å². The van der Waals surface area contributed by atoms with Gasteiger partial charge in [0.15, 0.2) is 11.3 Å². The van der Waals surface area contributed by atoms with Gasteiger partial charge in [-0.1, -0.05) is 0 Å². The Morgan fingerprint density at radius 3 is 2.69 bits per heavy atom. The molecule has 0 spiro atoms. The molecular formula is C24H27FN6O5. The molecule has 11 nitrogen and oxygen atoms in total. The van der Waals surface area contributed by atoms with Crippen LogP contribution in [0.5, 0.6) is 0 Å². The van der Waals surface area contributed by atoms with Gasteiger partial charge in [-0.2, -0.15) is 5.10 Å². The SMILES string of the molecule is COC(=O)c1ccn2ncc(C(=O)Nc3cc4c(cc3N(C)C)C(=O)N(C[C@@H](F)C(C)(C)O)C4)c2n1. The summed E-state index contributed by atoms with van der Waals surface area (Å²) in [6, 6.07) is 4.76. The molecule has 2 aromatic heterocycles. The number of esters is 1. The normalized spacial score (nSPS) is 14.1. The summed E-state index contributed by atoms with van der Waals surface area (Å²) in [5.74, 6) is -1.51. The highest BCUT2D eigenvalue weighted by molar-refractivity contribution is 6.10. The number of amides is 2. The lowest BCUT2D eigenvalue weighted by molar-refractivity contribution is -0.0159. The lowest BCUT2D eigenvalue weighted by Gasteiger charge is -2.26. The quantitative estimate of drug-likeness (QED) is 0.473. The van der Waals surface area contributed by atoms with Gasteiger partial charge >= 0.3 is 5.97 Å². The molecule has 1 aliphatic heterocycles. The summed E-state index contributed by atoms with van der Waals surface area (Å²) >= 11 is 0. The number of ether oxygens (including phenoxy) is 1. The van der Waals surface area contributed by atoms with Crippen LogP contribution in [0.15, 0.2) is 30.6 Å². The van der Waals surface area contributed by atoms with Gasteiger partial charge in [0.25, 0.3) is 11.8 Å². The summed E-state index contributed by atoms with van der Waals surface area (Å²) in [5, 5.41) is 16.9. The molecule has 0 saturated carbocycles. The third-order valence-corrected chi connectivity index (χ3v) is 5.99. The van der Waals surface area contributed by atoms with Gasteiger partial charge in [-0.05, 0) is 37.6 Å². The van der Waals surface area contributed by atoms with E-state index >= 15 is 0 Å². The van der Waals surface area contributed by atoms with Crippen LogP contribution in [-0.4, -0.2) is 81.9 Å². The monoisotopic (exact) mass is 498 g/mol. The van der Waals surface area contributed by atoms with Crippen molar-refractivity contribution in [3.8, 4) is 0 Å². The Kier molecular flexibility index (Phi) is 6.39. The molecule has 0 radical (unpaired) electrons. The molecule has 0 unspecified atom stereocenters. The van der Waals surface area contributed by atoms with Crippen LogP contribution in [0, 0.1) is 0 Å². The average molecular weight is 499 g/mol. The molecule has 2 N–H and O–H groups in total. The van der Waals surface area contributed by atoms with Crippen molar-refractivity contribution in [2.24, 2.45) is 0 Å². The molecule has 12 heteroatoms. The van der Waals surface area contributed by atoms with Crippen LogP contribution in [0.1, 0.15) is 50.6 Å². The summed E-state index contributed by atoms with van der Waals surface area (Å²) < 4.78 is 20.5. The van der Waals surface area contributed by atoms with Crippen molar-refractivity contribution in [2.45, 2.75) is 32.2 Å². The molecule has 0 bridgehead atoms. The largest absolute Gasteiger partial charge is 0.464 e. The van der Waals surface area contributed by atoms with Crippen molar-refractivity contribution in [3.05, 3.63) is 53.0 Å². The highest BCUT2D eigenvalue weighted by Gasteiger charge is 2.35. The van der Waals surface area contributed by atoms with Crippen LogP contribution in [0.3, 0.4) is 0 Å². The molecule has 0 saturated heterocycles. The Morgan fingerprint density at radius 2 is 2.06 bits per heavy atom. The molecule has 2 amide bonds. The van der Waals surface area contributed by atoms with E-state index in [0.717, 1.165) is 0 Å². The van der Waals surface area contributed by atoms with Crippen molar-refractivity contribution in [1.29, 1.82) is 0 Å². The number of alkyl halides is 1. The number of rotatable bonds is 7. The number of fused-ring (bicyclic) bond motifs is 2. The number of aromatic nitrogens is 3. The lowest BCUT2D eigenvalue weighted by Crippen LogP contribution is -2.42. The molecule has 190 valence electrons. The third-order valence-electron chi connectivity index (χ3n) is 5.99. The van der Waals surface area contributed by atoms with Gasteiger partial charge in [0, 0.05) is 32.4 Å². The third kappa shape index (κ3) is 4.59. The smallest absolute Gasteiger partial charge is 0.356 e. The predicted molar refractivity (Wildman–Crippen MR) is 129 cm³/mol. The number of halogens is 1. The van der Waals surface area contributed by atoms with E-state index in [9.17, 15) is 23.9 Å². The number of anilines is 2. The number of nitrogens with zero attached hydrogens (tertiary/aromatic N) is 5. The molecule has 1 aromatic carbocycles. The molecule has 1 aliphatic rings. The summed E-state index contributed by atoms with van der Waals surface area (Å²) in [4.78, 5) is 45.3. The molecule has 4 rings (SSSR count). The van der Waals surface area contributed by atoms with Crippen molar-refractivity contribution in [1.82, 2.24) is 19.5 Å². The van der Waals surface area contributed by atoms with Crippen LogP contribution >= 0.6 is 0 Å². The van der Waals surface area contributed by atoms with E-state index < -0.39 is 23.6 Å². The standard InChI is InChI=1S/C24H27FN6O5/c1-24(2,35)19(25)12-30-11-13-8-17(18(29(3)4)9-14(13)22(30)33)28-21(32)15-10-26-31-7-6-16(23(34)36-5)27-20(15)31/h6-10,19,35H,11-12H2,1-5H3,(H,28,32)/t19-/m1/s1. The van der Waals surface area contributed by atoms with E-state index in [0.29, 0.717) is 22.5 Å². The molecular weight excluding hydrogens is 471 g/mol. The first-order valence-corrected chi connectivity index (χ1v) is 11.1. The van der Waals surface area contributed by atoms with Gasteiger partial charge < -0.3 is 25.0 Å². The van der Waals surface area contributed by atoms with Gasteiger partial charge in [0.2, 0.25) is 0 Å². The second-order valence-electron chi connectivity index (χ2n) is 9.31. The molecule has 3 aromatic rings. The molecule has 36 heavy (non-hydrogen) atoms. The number of aliphatic hydroxyl groups is 1. The zero-order valence-corrected chi connectivity index (χ0v) is 20.6. The first-order valence-electron chi connectivity index (χ1n) is 11.1. The van der Waals surface area contributed by atoms with E-state index in [4.69, 9.17) is 4.74 Å². The first kappa shape index (κ1) is 25.0. The second kappa shape index (κ2) is 9.19. The number of carbonyl (C=O) groups excluding carboxylic acids is 3. The minimum absolute atomic E-state index is 0.0295. The number of hydrogen-bond donors (Lipinski definition) is 2. The maximum atomic E-state index is 14.5. The number of carbonyl (C=O) groups is 3. The Bertz CT molecular complexity index is 1360. The van der Waals surface area contributed by atoms with Gasteiger partial charge in [0.05, 0.1) is 36.8 Å². The number of hydrogen-bond acceptors (Lipinski definition) is 8. The second-order valence-corrected chi connectivity index (χ2v) is 9.31. The van der Waals surface area contributed by atoms with Crippen LogP contribution in [0.25, 0.3) is 5.65 Å². The fourth-order valence-corrected chi connectivity index (χ4v) is 3.88. The summed E-state index contributed by atoms with van der Waals surface area (Å²) in [5.41, 5.74) is 0.771. The van der Waals surface area contributed by atoms with Gasteiger partial charge in [0.1, 0.15) is 11.7 Å². The predicted octanol–water partition coefficient (Wildman–Crippen LogP) is 1.90. The topological polar surface area (TPSA) is 129 Å². The van der Waals surface area contributed by atoms with Gasteiger partial charge in [-0.3, -0.25) is 9.59 Å². The van der Waals surface area contributed by atoms with E-state index in [2.05, 4.69) is 15.4 Å². The molecule has 0 aliphatic carbocycles. The number of benzene rings is 1. The molecule has 1 atom stereocenters. The average Bonchev–Trinajstić information content (AvgIpc) is 3.37. The van der Waals surface area contributed by atoms with Gasteiger partial charge in [-0.25, -0.2) is 18.7 Å². The van der Waals surface area contributed by atoms with Crippen LogP contribution in [0.2, 0.25) is 0 Å². The van der Waals surface area contributed by atoms with Crippen LogP contribution < -0.4 is 10.2 Å². The van der Waals surface area contributed by atoms with Crippen molar-refractivity contribution < 1.29 is 28.6 Å². The zero-order chi connectivity index (χ0) is 26.4. The lowest BCUT2D eigenvalue weighted by atomic mass is 10.0. The van der Waals surface area contributed by atoms with E-state index in [1.165, 1.54) is 48.8 Å². The highest BCUT2D eigenvalue weighted by Crippen LogP contribution is 2.34. The minimum atomic E-state index is -1.62. The minimum Gasteiger partial charge on any atom is -0.464 e. The summed E-state index contributed by atoms with van der Waals surface area (Å²) in [6.07, 6.45) is 1.21. The van der Waals surface area contributed by atoms with Crippen molar-refractivity contribution in [2.75, 3.05) is 38.0 Å². The Hall–Kier alpha value is -4.06. The number of methoxy groups -OCH3 is 1. The molecule has 3 heterocycles. The van der Waals surface area contributed by atoms with Crippen molar-refractivity contribution in [3.63, 3.8) is 0 Å². The zero-order valence-electron chi connectivity index (χ0n) is 20.6. The Morgan fingerprint density at radius 1 is 1.33 bits per heavy atom. The Labute approximate surface area is 206 Å². The summed E-state index contributed by atoms with van der Waals surface area (Å²) in [7, 11) is 4.76. The van der Waals surface area contributed by atoms with E-state index in [1.807, 2.05) is 0 Å². The Balaban J connectivity index is 1.64. The van der Waals surface area contributed by atoms with Gasteiger partial charge in [-0.15, -0.1) is 0 Å². The van der Waals surface area contributed by atoms with Crippen molar-refractivity contribution >= 4 is 34.8 Å². The molecule has 0 fully saturated rings. The fourth-order valence-electron chi connectivity index (χ4n) is 3.88. The summed E-state index contributed by atoms with van der Waals surface area (Å²) in [6.45, 7) is 2.59. The highest BCUT2D eigenvalue weighted by atomic mass is 19.1. The van der Waals surface area contributed by atoms with E-state index in [-0.39, 0.29) is 35.9 Å². The van der Waals surface area contributed by atoms with E-state index in [1.54, 1.807) is 31.1 Å².